The maximum absolute atomic E-state index is 11.4. The molecule has 0 spiro atoms. The average molecular weight is 262 g/mol. The summed E-state index contributed by atoms with van der Waals surface area (Å²) in [6, 6.07) is 7.47. The summed E-state index contributed by atoms with van der Waals surface area (Å²) in [6.45, 7) is 2.43. The van der Waals surface area contributed by atoms with E-state index in [1.54, 1.807) is 18.4 Å². The maximum atomic E-state index is 11.4. The molecule has 18 heavy (non-hydrogen) atoms. The van der Waals surface area contributed by atoms with E-state index in [4.69, 9.17) is 11.0 Å². The second kappa shape index (κ2) is 4.78. The Labute approximate surface area is 108 Å². The van der Waals surface area contributed by atoms with Gasteiger partial charge in [-0.1, -0.05) is 6.07 Å². The van der Waals surface area contributed by atoms with E-state index in [0.717, 1.165) is 5.52 Å². The summed E-state index contributed by atoms with van der Waals surface area (Å²) in [7, 11) is -0.922. The van der Waals surface area contributed by atoms with Gasteiger partial charge in [0.1, 0.15) is 11.6 Å². The monoisotopic (exact) mass is 262 g/mol. The Morgan fingerprint density at radius 3 is 2.94 bits per heavy atom. The van der Waals surface area contributed by atoms with Crippen molar-refractivity contribution in [2.24, 2.45) is 0 Å². The van der Waals surface area contributed by atoms with Crippen LogP contribution in [0.2, 0.25) is 0 Å². The molecule has 0 saturated carbocycles. The lowest BCUT2D eigenvalue weighted by Crippen LogP contribution is -2.18. The van der Waals surface area contributed by atoms with Crippen molar-refractivity contribution >= 4 is 27.8 Å². The minimum absolute atomic E-state index is 0.0181. The molecule has 2 unspecified atom stereocenters. The van der Waals surface area contributed by atoms with Crippen LogP contribution in [0.4, 0.5) is 5.95 Å². The minimum atomic E-state index is -0.922. The zero-order valence-corrected chi connectivity index (χ0v) is 11.1. The second-order valence-corrected chi connectivity index (χ2v) is 5.98. The lowest BCUT2D eigenvalue weighted by molar-refractivity contribution is 0.653. The van der Waals surface area contributed by atoms with E-state index >= 15 is 0 Å². The number of nitriles is 1. The Morgan fingerprint density at radius 2 is 2.33 bits per heavy atom. The van der Waals surface area contributed by atoms with Crippen LogP contribution in [0.5, 0.6) is 0 Å². The number of aromatic nitrogens is 2. The van der Waals surface area contributed by atoms with E-state index in [2.05, 4.69) is 11.1 Å². The number of benzene rings is 1. The van der Waals surface area contributed by atoms with Crippen molar-refractivity contribution in [2.45, 2.75) is 18.7 Å². The summed E-state index contributed by atoms with van der Waals surface area (Å²) < 4.78 is 13.2. The van der Waals surface area contributed by atoms with E-state index < -0.39 is 10.8 Å². The first-order valence-electron chi connectivity index (χ1n) is 5.51. The van der Waals surface area contributed by atoms with Crippen LogP contribution in [-0.4, -0.2) is 25.3 Å². The standard InChI is InChI=1S/C12H14N4OS/c1-8(18(2)17)7-16-10-5-3-4-9(6-13)11(10)15-12(16)14/h3-5,8H,7H2,1-2H3,(H2,14,15). The van der Waals surface area contributed by atoms with Gasteiger partial charge in [0.2, 0.25) is 5.95 Å². The molecule has 94 valence electrons. The van der Waals surface area contributed by atoms with Crippen LogP contribution in [0.15, 0.2) is 18.2 Å². The molecule has 0 amide bonds. The molecule has 0 saturated heterocycles. The molecule has 2 atom stereocenters. The number of rotatable bonds is 3. The summed E-state index contributed by atoms with van der Waals surface area (Å²) in [5.74, 6) is 0.352. The highest BCUT2D eigenvalue weighted by atomic mass is 32.2. The van der Waals surface area contributed by atoms with Crippen molar-refractivity contribution in [3.8, 4) is 6.07 Å². The van der Waals surface area contributed by atoms with Crippen LogP contribution in [0, 0.1) is 11.3 Å². The van der Waals surface area contributed by atoms with Crippen molar-refractivity contribution in [1.82, 2.24) is 9.55 Å². The van der Waals surface area contributed by atoms with Crippen molar-refractivity contribution < 1.29 is 4.21 Å². The molecular formula is C12H14N4OS. The number of hydrogen-bond acceptors (Lipinski definition) is 4. The van der Waals surface area contributed by atoms with Gasteiger partial charge in [0.15, 0.2) is 0 Å². The van der Waals surface area contributed by atoms with Crippen LogP contribution >= 0.6 is 0 Å². The predicted octanol–water partition coefficient (Wildman–Crippen LogP) is 1.26. The highest BCUT2D eigenvalue weighted by Crippen LogP contribution is 2.21. The Bertz CT molecular complexity index is 656. The highest BCUT2D eigenvalue weighted by Gasteiger charge is 2.15. The van der Waals surface area contributed by atoms with Gasteiger partial charge in [0, 0.05) is 28.9 Å². The molecule has 6 heteroatoms. The summed E-state index contributed by atoms with van der Waals surface area (Å²) >= 11 is 0. The smallest absolute Gasteiger partial charge is 0.201 e. The van der Waals surface area contributed by atoms with E-state index in [9.17, 15) is 4.21 Å². The van der Waals surface area contributed by atoms with Crippen LogP contribution in [0.25, 0.3) is 11.0 Å². The van der Waals surface area contributed by atoms with Crippen LogP contribution < -0.4 is 5.73 Å². The number of nitrogens with zero attached hydrogens (tertiary/aromatic N) is 3. The molecule has 0 radical (unpaired) electrons. The van der Waals surface area contributed by atoms with Gasteiger partial charge in [-0.3, -0.25) is 4.21 Å². The van der Waals surface area contributed by atoms with E-state index in [1.165, 1.54) is 0 Å². The number of imidazole rings is 1. The SMILES string of the molecule is CC(Cn1c(N)nc2c(C#N)cccc21)S(C)=O. The van der Waals surface area contributed by atoms with E-state index in [1.807, 2.05) is 17.6 Å². The van der Waals surface area contributed by atoms with Gasteiger partial charge in [-0.2, -0.15) is 5.26 Å². The molecule has 1 heterocycles. The normalized spacial score (nSPS) is 14.3. The zero-order valence-electron chi connectivity index (χ0n) is 10.3. The number of nitrogens with two attached hydrogens (primary N) is 1. The first-order chi connectivity index (χ1) is 8.54. The fraction of sp³-hybridized carbons (Fsp3) is 0.333. The quantitative estimate of drug-likeness (QED) is 0.902. The van der Waals surface area contributed by atoms with Crippen LogP contribution in [-0.2, 0) is 17.3 Å². The Morgan fingerprint density at radius 1 is 1.61 bits per heavy atom. The van der Waals surface area contributed by atoms with Gasteiger partial charge < -0.3 is 10.3 Å². The molecule has 0 aliphatic heterocycles. The lowest BCUT2D eigenvalue weighted by atomic mass is 10.2. The van der Waals surface area contributed by atoms with Crippen LogP contribution in [0.1, 0.15) is 12.5 Å². The second-order valence-electron chi connectivity index (χ2n) is 4.17. The molecular weight excluding hydrogens is 248 g/mol. The van der Waals surface area contributed by atoms with Crippen LogP contribution in [0.3, 0.4) is 0 Å². The molecule has 2 aromatic rings. The Balaban J connectivity index is 2.55. The van der Waals surface area contributed by atoms with Gasteiger partial charge >= 0.3 is 0 Å². The van der Waals surface area contributed by atoms with Crippen molar-refractivity contribution in [3.63, 3.8) is 0 Å². The third-order valence-electron chi connectivity index (χ3n) is 2.94. The summed E-state index contributed by atoms with van der Waals surface area (Å²) in [5.41, 5.74) is 7.78. The lowest BCUT2D eigenvalue weighted by Gasteiger charge is -2.11. The maximum Gasteiger partial charge on any atom is 0.201 e. The summed E-state index contributed by atoms with van der Waals surface area (Å²) in [6.07, 6.45) is 1.67. The molecule has 5 nitrogen and oxygen atoms in total. The first kappa shape index (κ1) is 12.6. The fourth-order valence-corrected chi connectivity index (χ4v) is 2.17. The third-order valence-corrected chi connectivity index (χ3v) is 4.22. The Hall–Kier alpha value is -1.87. The summed E-state index contributed by atoms with van der Waals surface area (Å²) in [4.78, 5) is 4.22. The number of hydrogen-bond donors (Lipinski definition) is 1. The molecule has 2 N–H and O–H groups in total. The fourth-order valence-electron chi connectivity index (χ4n) is 1.81. The largest absolute Gasteiger partial charge is 0.369 e. The van der Waals surface area contributed by atoms with Gasteiger partial charge in [0.25, 0.3) is 0 Å². The van der Waals surface area contributed by atoms with E-state index in [0.29, 0.717) is 23.6 Å². The molecule has 0 aliphatic carbocycles. The Kier molecular flexibility index (Phi) is 3.34. The molecule has 0 fully saturated rings. The number of para-hydroxylation sites is 1. The third kappa shape index (κ3) is 2.09. The molecule has 1 aromatic carbocycles. The predicted molar refractivity (Wildman–Crippen MR) is 72.4 cm³/mol. The topological polar surface area (TPSA) is 84.7 Å². The van der Waals surface area contributed by atoms with Gasteiger partial charge in [-0.15, -0.1) is 0 Å². The zero-order chi connectivity index (χ0) is 13.3. The first-order valence-corrected chi connectivity index (χ1v) is 7.13. The van der Waals surface area contributed by atoms with Crippen molar-refractivity contribution in [2.75, 3.05) is 12.0 Å². The molecule has 2 rings (SSSR count). The molecule has 1 aromatic heterocycles. The number of anilines is 1. The van der Waals surface area contributed by atoms with Gasteiger partial charge in [-0.05, 0) is 19.1 Å². The molecule has 0 bridgehead atoms. The van der Waals surface area contributed by atoms with Gasteiger partial charge in [0.05, 0.1) is 11.1 Å². The van der Waals surface area contributed by atoms with E-state index in [-0.39, 0.29) is 5.25 Å². The summed E-state index contributed by atoms with van der Waals surface area (Å²) in [5, 5.41) is 9.00. The minimum Gasteiger partial charge on any atom is -0.369 e. The highest BCUT2D eigenvalue weighted by molar-refractivity contribution is 7.84. The average Bonchev–Trinajstić information content (AvgIpc) is 2.65. The van der Waals surface area contributed by atoms with Crippen molar-refractivity contribution in [3.05, 3.63) is 23.8 Å². The molecule has 0 aliphatic rings. The van der Waals surface area contributed by atoms with Crippen molar-refractivity contribution in [1.29, 1.82) is 5.26 Å². The number of nitrogen functional groups attached to an aromatic ring is 1. The number of fused-ring (bicyclic) bond motifs is 1. The van der Waals surface area contributed by atoms with Gasteiger partial charge in [-0.25, -0.2) is 4.98 Å².